The molecule has 1 aliphatic heterocycles. The van der Waals surface area contributed by atoms with E-state index in [1.165, 1.54) is 12.3 Å². The number of pyridine rings is 2. The molecule has 1 aromatic carbocycles. The summed E-state index contributed by atoms with van der Waals surface area (Å²) in [5.41, 5.74) is 7.40. The molecule has 0 radical (unpaired) electrons. The van der Waals surface area contributed by atoms with Gasteiger partial charge in [-0.05, 0) is 63.3 Å². The molecule has 0 aliphatic carbocycles. The first-order valence-corrected chi connectivity index (χ1v) is 12.6. The van der Waals surface area contributed by atoms with Gasteiger partial charge in [-0.15, -0.1) is 0 Å². The Morgan fingerprint density at radius 3 is 2.41 bits per heavy atom. The number of aromatic nitrogens is 4. The molecule has 1 fully saturated rings. The van der Waals surface area contributed by atoms with Crippen molar-refractivity contribution in [1.29, 1.82) is 0 Å². The zero-order valence-corrected chi connectivity index (χ0v) is 21.9. The Morgan fingerprint density at radius 2 is 1.72 bits per heavy atom. The molecule has 2 N–H and O–H groups in total. The number of hydrogen-bond donors (Lipinski definition) is 1. The summed E-state index contributed by atoms with van der Waals surface area (Å²) in [6.45, 7) is 6.69. The highest BCUT2D eigenvalue weighted by molar-refractivity contribution is 5.88. The van der Waals surface area contributed by atoms with Crippen LogP contribution in [-0.4, -0.2) is 49.4 Å². The number of nitrogens with zero attached hydrogens (tertiary/aromatic N) is 5. The minimum Gasteiger partial charge on any atom is -0.444 e. The monoisotopic (exact) mass is 538 g/mol. The summed E-state index contributed by atoms with van der Waals surface area (Å²) in [6, 6.07) is 7.08. The van der Waals surface area contributed by atoms with Crippen molar-refractivity contribution in [2.24, 2.45) is 0 Å². The normalized spacial score (nSPS) is 15.1. The van der Waals surface area contributed by atoms with Crippen LogP contribution in [0.2, 0.25) is 0 Å². The molecule has 4 aromatic rings. The minimum absolute atomic E-state index is 0.128. The Balaban J connectivity index is 1.35. The zero-order chi connectivity index (χ0) is 27.9. The molecule has 8 nitrogen and oxygen atoms in total. The maximum Gasteiger partial charge on any atom is 0.416 e. The van der Waals surface area contributed by atoms with Crippen LogP contribution in [0.15, 0.2) is 55.1 Å². The summed E-state index contributed by atoms with van der Waals surface area (Å²) < 4.78 is 47.0. The van der Waals surface area contributed by atoms with Crippen molar-refractivity contribution < 1.29 is 22.7 Å². The number of likely N-dealkylation sites (tertiary alicyclic amines) is 1. The van der Waals surface area contributed by atoms with Crippen LogP contribution in [-0.2, 0) is 10.9 Å². The second-order valence-corrected chi connectivity index (χ2v) is 10.7. The van der Waals surface area contributed by atoms with Gasteiger partial charge in [0.25, 0.3) is 0 Å². The Morgan fingerprint density at radius 1 is 0.974 bits per heavy atom. The van der Waals surface area contributed by atoms with Crippen LogP contribution < -0.4 is 5.73 Å². The molecule has 11 heteroatoms. The number of ether oxygens (including phenoxy) is 1. The summed E-state index contributed by atoms with van der Waals surface area (Å²) >= 11 is 0. The third-order valence-corrected chi connectivity index (χ3v) is 6.67. The largest absolute Gasteiger partial charge is 0.444 e. The fourth-order valence-electron chi connectivity index (χ4n) is 4.63. The lowest BCUT2D eigenvalue weighted by Crippen LogP contribution is -2.42. The van der Waals surface area contributed by atoms with E-state index < -0.39 is 17.3 Å². The molecule has 204 valence electrons. The number of hydrogen-bond acceptors (Lipinski definition) is 6. The van der Waals surface area contributed by atoms with Crippen molar-refractivity contribution in [3.05, 3.63) is 60.7 Å². The van der Waals surface area contributed by atoms with Gasteiger partial charge in [-0.25, -0.2) is 9.78 Å². The van der Waals surface area contributed by atoms with E-state index in [9.17, 15) is 18.0 Å². The summed E-state index contributed by atoms with van der Waals surface area (Å²) in [6.07, 6.45) is 3.56. The van der Waals surface area contributed by atoms with E-state index in [1.807, 2.05) is 37.7 Å². The Hall–Kier alpha value is -4.15. The van der Waals surface area contributed by atoms with Crippen molar-refractivity contribution in [1.82, 2.24) is 24.6 Å². The molecule has 3 aromatic heterocycles. The lowest BCUT2D eigenvalue weighted by atomic mass is 10.0. The number of carbonyl (C=O) groups excluding carboxylic acids is 1. The number of nitrogen functional groups attached to an aromatic ring is 1. The third-order valence-electron chi connectivity index (χ3n) is 6.67. The molecular formula is C28H29F3N6O2. The highest BCUT2D eigenvalue weighted by Gasteiger charge is 2.30. The number of halogens is 3. The smallest absolute Gasteiger partial charge is 0.416 e. The van der Waals surface area contributed by atoms with E-state index in [2.05, 4.69) is 15.1 Å². The van der Waals surface area contributed by atoms with Crippen LogP contribution in [0.3, 0.4) is 0 Å². The number of rotatable bonds is 3. The van der Waals surface area contributed by atoms with Gasteiger partial charge < -0.3 is 15.4 Å². The number of amides is 1. The first-order valence-electron chi connectivity index (χ1n) is 12.6. The van der Waals surface area contributed by atoms with Crippen molar-refractivity contribution >= 4 is 22.7 Å². The van der Waals surface area contributed by atoms with Crippen LogP contribution in [0.5, 0.6) is 0 Å². The van der Waals surface area contributed by atoms with E-state index >= 15 is 0 Å². The lowest BCUT2D eigenvalue weighted by Gasteiger charge is -2.33. The second-order valence-electron chi connectivity index (χ2n) is 10.7. The van der Waals surface area contributed by atoms with Crippen LogP contribution in [0, 0.1) is 0 Å². The Kier molecular flexibility index (Phi) is 6.69. The van der Waals surface area contributed by atoms with Crippen LogP contribution in [0.1, 0.15) is 45.2 Å². The highest BCUT2D eigenvalue weighted by Crippen LogP contribution is 2.34. The zero-order valence-electron chi connectivity index (χ0n) is 21.9. The molecule has 0 unspecified atom stereocenters. The van der Waals surface area contributed by atoms with E-state index in [1.54, 1.807) is 23.4 Å². The molecular weight excluding hydrogens is 509 g/mol. The van der Waals surface area contributed by atoms with Crippen LogP contribution in [0.4, 0.5) is 23.8 Å². The Labute approximate surface area is 223 Å². The van der Waals surface area contributed by atoms with Gasteiger partial charge in [0, 0.05) is 53.8 Å². The molecule has 0 saturated carbocycles. The van der Waals surface area contributed by atoms with Gasteiger partial charge in [0.05, 0.1) is 23.5 Å². The lowest BCUT2D eigenvalue weighted by molar-refractivity contribution is -0.137. The molecule has 1 saturated heterocycles. The number of piperidine rings is 1. The van der Waals surface area contributed by atoms with E-state index in [-0.39, 0.29) is 18.0 Å². The number of carbonyl (C=O) groups is 1. The van der Waals surface area contributed by atoms with E-state index in [0.29, 0.717) is 35.1 Å². The van der Waals surface area contributed by atoms with Crippen molar-refractivity contribution in [2.45, 2.75) is 51.4 Å². The summed E-state index contributed by atoms with van der Waals surface area (Å²) in [5.74, 6) is 0.222. The molecule has 0 atom stereocenters. The van der Waals surface area contributed by atoms with Crippen molar-refractivity contribution in [3.63, 3.8) is 0 Å². The number of benzene rings is 1. The Bertz CT molecular complexity index is 1520. The molecule has 1 amide bonds. The SMILES string of the molecule is CC(C)(C)OC(=O)N1CCC(n2cc(-c3cnc(N)c(-c4cc5cc(C(F)(F)F)ccc5cn4)c3)cn2)CC1. The van der Waals surface area contributed by atoms with Gasteiger partial charge in [-0.2, -0.15) is 18.3 Å². The first-order chi connectivity index (χ1) is 18.4. The topological polar surface area (TPSA) is 99.2 Å². The average molecular weight is 539 g/mol. The summed E-state index contributed by atoms with van der Waals surface area (Å²) in [4.78, 5) is 22.8. The number of alkyl halides is 3. The van der Waals surface area contributed by atoms with Crippen LogP contribution >= 0.6 is 0 Å². The predicted octanol–water partition coefficient (Wildman–Crippen LogP) is 6.33. The number of fused-ring (bicyclic) bond motifs is 1. The highest BCUT2D eigenvalue weighted by atomic mass is 19.4. The van der Waals surface area contributed by atoms with E-state index in [4.69, 9.17) is 10.5 Å². The maximum absolute atomic E-state index is 13.2. The second kappa shape index (κ2) is 9.87. The van der Waals surface area contributed by atoms with Gasteiger partial charge in [0.15, 0.2) is 0 Å². The molecule has 1 aliphatic rings. The van der Waals surface area contributed by atoms with Gasteiger partial charge >= 0.3 is 12.3 Å². The quantitative estimate of drug-likeness (QED) is 0.327. The third kappa shape index (κ3) is 5.81. The fraction of sp³-hybridized carbons (Fsp3) is 0.357. The predicted molar refractivity (Wildman–Crippen MR) is 142 cm³/mol. The molecule has 4 heterocycles. The van der Waals surface area contributed by atoms with Crippen LogP contribution in [0.25, 0.3) is 33.2 Å². The fourth-order valence-corrected chi connectivity index (χ4v) is 4.63. The number of anilines is 1. The van der Waals surface area contributed by atoms with Gasteiger partial charge in [-0.1, -0.05) is 6.07 Å². The van der Waals surface area contributed by atoms with Gasteiger partial charge in [-0.3, -0.25) is 9.67 Å². The van der Waals surface area contributed by atoms with Gasteiger partial charge in [0.2, 0.25) is 0 Å². The van der Waals surface area contributed by atoms with Gasteiger partial charge in [0.1, 0.15) is 11.4 Å². The molecule has 39 heavy (non-hydrogen) atoms. The van der Waals surface area contributed by atoms with E-state index in [0.717, 1.165) is 36.1 Å². The molecule has 0 spiro atoms. The summed E-state index contributed by atoms with van der Waals surface area (Å²) in [5, 5.41) is 5.54. The molecule has 0 bridgehead atoms. The summed E-state index contributed by atoms with van der Waals surface area (Å²) in [7, 11) is 0. The van der Waals surface area contributed by atoms with Crippen molar-refractivity contribution in [2.75, 3.05) is 18.8 Å². The average Bonchev–Trinajstić information content (AvgIpc) is 3.37. The minimum atomic E-state index is -4.44. The maximum atomic E-state index is 13.2. The molecule has 5 rings (SSSR count). The van der Waals surface area contributed by atoms with Crippen molar-refractivity contribution in [3.8, 4) is 22.4 Å². The standard InChI is InChI=1S/C28H29F3N6O2/c1-27(2,3)39-26(38)36-8-6-22(7-9-36)37-16-20(15-35-37)19-11-23(25(32)34-14-19)24-12-18-10-21(28(29,30)31)5-4-17(18)13-33-24/h4-5,10-16,22H,6-9H2,1-3H3,(H2,32,34). The number of nitrogens with two attached hydrogens (primary N) is 1. The first kappa shape index (κ1) is 26.5.